The van der Waals surface area contributed by atoms with E-state index >= 15 is 0 Å². The molecule has 2 aromatic carbocycles. The van der Waals surface area contributed by atoms with E-state index in [4.69, 9.17) is 4.74 Å². The predicted molar refractivity (Wildman–Crippen MR) is 97.7 cm³/mol. The van der Waals surface area contributed by atoms with Gasteiger partial charge < -0.3 is 10.1 Å². The first kappa shape index (κ1) is 16.4. The van der Waals surface area contributed by atoms with Gasteiger partial charge in [-0.25, -0.2) is 8.42 Å². The van der Waals surface area contributed by atoms with Crippen molar-refractivity contribution in [1.29, 1.82) is 0 Å². The van der Waals surface area contributed by atoms with Crippen LogP contribution in [-0.2, 0) is 21.2 Å². The molecule has 2 aliphatic heterocycles. The fourth-order valence-corrected chi connectivity index (χ4v) is 5.84. The van der Waals surface area contributed by atoms with Gasteiger partial charge in [0, 0.05) is 17.1 Å². The summed E-state index contributed by atoms with van der Waals surface area (Å²) in [6.45, 7) is 2.19. The number of nitrogens with one attached hydrogen (secondary N) is 1. The smallest absolute Gasteiger partial charge is 0.265 e. The summed E-state index contributed by atoms with van der Waals surface area (Å²) in [5.41, 5.74) is 3.17. The molecule has 0 unspecified atom stereocenters. The Labute approximate surface area is 154 Å². The van der Waals surface area contributed by atoms with Crippen molar-refractivity contribution in [3.8, 4) is 5.75 Å². The van der Waals surface area contributed by atoms with E-state index in [2.05, 4.69) is 21.2 Å². The standard InChI is InChI=1S/C17H15BrN2O4S/c1-10-3-2-4-11-5-6-20(17(10)11)25(22,23)15-8-14-13(7-12(15)18)19-16(21)9-24-14/h2-4,7-8H,5-6,9H2,1H3,(H,19,21). The number of rotatable bonds is 2. The molecule has 2 aromatic rings. The Morgan fingerprint density at radius 1 is 1.28 bits per heavy atom. The molecule has 0 fully saturated rings. The molecule has 2 heterocycles. The van der Waals surface area contributed by atoms with E-state index < -0.39 is 10.0 Å². The van der Waals surface area contributed by atoms with Crippen LogP contribution in [0.15, 0.2) is 39.7 Å². The molecule has 25 heavy (non-hydrogen) atoms. The summed E-state index contributed by atoms with van der Waals surface area (Å²) in [6.07, 6.45) is 0.686. The predicted octanol–water partition coefficient (Wildman–Crippen LogP) is 2.84. The van der Waals surface area contributed by atoms with Gasteiger partial charge in [-0.2, -0.15) is 0 Å². The molecule has 0 saturated heterocycles. The number of aryl methyl sites for hydroxylation is 1. The Hall–Kier alpha value is -2.06. The van der Waals surface area contributed by atoms with Crippen LogP contribution >= 0.6 is 15.9 Å². The Bertz CT molecular complexity index is 1000. The van der Waals surface area contributed by atoms with Crippen LogP contribution in [0.1, 0.15) is 11.1 Å². The summed E-state index contributed by atoms with van der Waals surface area (Å²) in [7, 11) is -3.76. The summed E-state index contributed by atoms with van der Waals surface area (Å²) in [6, 6.07) is 8.83. The van der Waals surface area contributed by atoms with Crippen LogP contribution in [0.25, 0.3) is 0 Å². The molecule has 2 aliphatic rings. The van der Waals surface area contributed by atoms with E-state index in [1.165, 1.54) is 10.4 Å². The minimum absolute atomic E-state index is 0.124. The van der Waals surface area contributed by atoms with Gasteiger partial charge in [0.1, 0.15) is 10.6 Å². The minimum atomic E-state index is -3.76. The van der Waals surface area contributed by atoms with Crippen LogP contribution in [0.3, 0.4) is 0 Å². The second-order valence-corrected chi connectivity index (χ2v) is 8.71. The zero-order valence-corrected chi connectivity index (χ0v) is 15.8. The minimum Gasteiger partial charge on any atom is -0.482 e. The van der Waals surface area contributed by atoms with Crippen LogP contribution in [0.2, 0.25) is 0 Å². The third-order valence-electron chi connectivity index (χ3n) is 4.39. The van der Waals surface area contributed by atoms with Gasteiger partial charge in [-0.1, -0.05) is 18.2 Å². The number of hydrogen-bond acceptors (Lipinski definition) is 4. The Balaban J connectivity index is 1.82. The zero-order chi connectivity index (χ0) is 17.8. The highest BCUT2D eigenvalue weighted by Gasteiger charge is 2.34. The number of fused-ring (bicyclic) bond motifs is 2. The third kappa shape index (κ3) is 2.60. The molecule has 8 heteroatoms. The lowest BCUT2D eigenvalue weighted by molar-refractivity contribution is -0.118. The molecule has 0 bridgehead atoms. The van der Waals surface area contributed by atoms with E-state index in [1.54, 1.807) is 6.07 Å². The number of anilines is 2. The zero-order valence-electron chi connectivity index (χ0n) is 13.4. The van der Waals surface area contributed by atoms with E-state index in [0.29, 0.717) is 28.9 Å². The average molecular weight is 423 g/mol. The van der Waals surface area contributed by atoms with E-state index in [9.17, 15) is 13.2 Å². The topological polar surface area (TPSA) is 75.7 Å². The van der Waals surface area contributed by atoms with Crippen LogP contribution in [0.5, 0.6) is 5.75 Å². The number of benzene rings is 2. The fourth-order valence-electron chi connectivity index (χ4n) is 3.25. The molecule has 0 spiro atoms. The number of halogens is 1. The number of para-hydroxylation sites is 1. The third-order valence-corrected chi connectivity index (χ3v) is 7.15. The van der Waals surface area contributed by atoms with Gasteiger partial charge in [0.25, 0.3) is 15.9 Å². The van der Waals surface area contributed by atoms with Crippen LogP contribution in [0.4, 0.5) is 11.4 Å². The van der Waals surface area contributed by atoms with Gasteiger partial charge in [0.2, 0.25) is 0 Å². The summed E-state index contributed by atoms with van der Waals surface area (Å²) in [5, 5.41) is 2.67. The van der Waals surface area contributed by atoms with Gasteiger partial charge in [0.05, 0.1) is 11.4 Å². The number of ether oxygens (including phenoxy) is 1. The molecule has 4 rings (SSSR count). The van der Waals surface area contributed by atoms with E-state index in [-0.39, 0.29) is 17.4 Å². The number of carbonyl (C=O) groups is 1. The van der Waals surface area contributed by atoms with Crippen molar-refractivity contribution in [3.05, 3.63) is 45.9 Å². The summed E-state index contributed by atoms with van der Waals surface area (Å²) >= 11 is 3.32. The number of carbonyl (C=O) groups excluding carboxylic acids is 1. The van der Waals surface area contributed by atoms with E-state index in [0.717, 1.165) is 16.8 Å². The molecule has 0 aliphatic carbocycles. The molecule has 1 amide bonds. The number of amides is 1. The highest BCUT2D eigenvalue weighted by molar-refractivity contribution is 9.10. The van der Waals surface area contributed by atoms with Gasteiger partial charge >= 0.3 is 0 Å². The maximum Gasteiger partial charge on any atom is 0.265 e. The lowest BCUT2D eigenvalue weighted by Crippen LogP contribution is -2.30. The molecule has 0 saturated carbocycles. The van der Waals surface area contributed by atoms with E-state index in [1.807, 2.05) is 25.1 Å². The quantitative estimate of drug-likeness (QED) is 0.806. The first-order valence-corrected chi connectivity index (χ1v) is 9.98. The summed E-state index contributed by atoms with van der Waals surface area (Å²) in [5.74, 6) is 0.0877. The van der Waals surface area contributed by atoms with Gasteiger partial charge in [-0.15, -0.1) is 0 Å². The van der Waals surface area contributed by atoms with Crippen molar-refractivity contribution < 1.29 is 17.9 Å². The van der Waals surface area contributed by atoms with Crippen LogP contribution in [0, 0.1) is 6.92 Å². The Kier molecular flexibility index (Phi) is 3.77. The molecular weight excluding hydrogens is 408 g/mol. The normalized spacial score (nSPS) is 16.1. The highest BCUT2D eigenvalue weighted by Crippen LogP contribution is 2.40. The molecule has 1 N–H and O–H groups in total. The van der Waals surface area contributed by atoms with Crippen molar-refractivity contribution >= 4 is 43.2 Å². The van der Waals surface area contributed by atoms with Crippen molar-refractivity contribution in [1.82, 2.24) is 0 Å². The van der Waals surface area contributed by atoms with Crippen molar-refractivity contribution in [2.75, 3.05) is 22.8 Å². The first-order chi connectivity index (χ1) is 11.9. The van der Waals surface area contributed by atoms with Gasteiger partial charge in [-0.05, 0) is 46.5 Å². The monoisotopic (exact) mass is 422 g/mol. The molecule has 130 valence electrons. The van der Waals surface area contributed by atoms with Gasteiger partial charge in [-0.3, -0.25) is 9.10 Å². The molecule has 6 nitrogen and oxygen atoms in total. The summed E-state index contributed by atoms with van der Waals surface area (Å²) in [4.78, 5) is 11.5. The fraction of sp³-hybridized carbons (Fsp3) is 0.235. The van der Waals surface area contributed by atoms with Crippen molar-refractivity contribution in [2.45, 2.75) is 18.2 Å². The molecular formula is C17H15BrN2O4S. The van der Waals surface area contributed by atoms with Gasteiger partial charge in [0.15, 0.2) is 6.61 Å². The number of nitrogens with zero attached hydrogens (tertiary/aromatic N) is 1. The number of hydrogen-bond donors (Lipinski definition) is 1. The largest absolute Gasteiger partial charge is 0.482 e. The van der Waals surface area contributed by atoms with Crippen LogP contribution < -0.4 is 14.4 Å². The molecule has 0 radical (unpaired) electrons. The maximum atomic E-state index is 13.3. The Morgan fingerprint density at radius 3 is 2.88 bits per heavy atom. The lowest BCUT2D eigenvalue weighted by Gasteiger charge is -2.24. The second-order valence-electron chi connectivity index (χ2n) is 6.03. The average Bonchev–Trinajstić information content (AvgIpc) is 3.00. The van der Waals surface area contributed by atoms with Crippen molar-refractivity contribution in [3.63, 3.8) is 0 Å². The second kappa shape index (κ2) is 5.74. The summed E-state index contributed by atoms with van der Waals surface area (Å²) < 4.78 is 33.8. The Morgan fingerprint density at radius 2 is 2.08 bits per heavy atom. The maximum absolute atomic E-state index is 13.3. The first-order valence-electron chi connectivity index (χ1n) is 7.75. The molecule has 0 aromatic heterocycles. The highest BCUT2D eigenvalue weighted by atomic mass is 79.9. The lowest BCUT2D eigenvalue weighted by atomic mass is 10.1. The number of sulfonamides is 1. The van der Waals surface area contributed by atoms with Crippen LogP contribution in [-0.4, -0.2) is 27.5 Å². The SMILES string of the molecule is Cc1cccc2c1N(S(=O)(=O)c1cc3c(cc1Br)NC(=O)CO3)CC2. The van der Waals surface area contributed by atoms with Crippen molar-refractivity contribution in [2.24, 2.45) is 0 Å². The molecule has 0 atom stereocenters.